The Bertz CT molecular complexity index is 722. The molecule has 25 heavy (non-hydrogen) atoms. The summed E-state index contributed by atoms with van der Waals surface area (Å²) in [6.45, 7) is 8.28. The number of aryl methyl sites for hydroxylation is 3. The minimum absolute atomic E-state index is 0.0186. The zero-order valence-electron chi connectivity index (χ0n) is 15.1. The lowest BCUT2D eigenvalue weighted by Gasteiger charge is -2.16. The van der Waals surface area contributed by atoms with Gasteiger partial charge in [-0.25, -0.2) is 0 Å². The minimum Gasteiger partial charge on any atom is -0.491 e. The second-order valence-electron chi connectivity index (χ2n) is 6.20. The average Bonchev–Trinajstić information content (AvgIpc) is 2.57. The molecule has 0 fully saturated rings. The molecule has 2 rings (SSSR count). The maximum atomic E-state index is 12.0. The standard InChI is InChI=1S/C20H24BrNO3/c1-13-7-5-6-8-18(13)25-11-16(4)22-19(23)12-24-17-9-14(2)20(21)15(3)10-17/h5-10,16H,11-12H2,1-4H3,(H,22,23)/t16-/m0/s1. The van der Waals surface area contributed by atoms with Crippen molar-refractivity contribution in [2.45, 2.75) is 33.7 Å². The molecule has 5 heteroatoms. The van der Waals surface area contributed by atoms with Gasteiger partial charge in [0.25, 0.3) is 5.91 Å². The lowest BCUT2D eigenvalue weighted by Crippen LogP contribution is -2.39. The molecule has 0 unspecified atom stereocenters. The van der Waals surface area contributed by atoms with E-state index in [1.165, 1.54) is 0 Å². The van der Waals surface area contributed by atoms with Crippen molar-refractivity contribution in [3.8, 4) is 11.5 Å². The van der Waals surface area contributed by atoms with Crippen molar-refractivity contribution in [1.82, 2.24) is 5.32 Å². The van der Waals surface area contributed by atoms with E-state index in [-0.39, 0.29) is 18.6 Å². The third-order valence-electron chi connectivity index (χ3n) is 3.77. The average molecular weight is 406 g/mol. The Balaban J connectivity index is 1.79. The molecule has 0 aromatic heterocycles. The molecule has 1 amide bonds. The number of halogens is 1. The number of amides is 1. The third-order valence-corrected chi connectivity index (χ3v) is 5.02. The van der Waals surface area contributed by atoms with Crippen molar-refractivity contribution in [3.05, 3.63) is 57.6 Å². The summed E-state index contributed by atoms with van der Waals surface area (Å²) < 4.78 is 12.4. The molecular formula is C20H24BrNO3. The van der Waals surface area contributed by atoms with E-state index in [1.807, 2.05) is 64.1 Å². The Morgan fingerprint density at radius 2 is 1.72 bits per heavy atom. The predicted octanol–water partition coefficient (Wildman–Crippen LogP) is 4.34. The molecule has 4 nitrogen and oxygen atoms in total. The van der Waals surface area contributed by atoms with Crippen LogP contribution in [0.2, 0.25) is 0 Å². The van der Waals surface area contributed by atoms with Gasteiger partial charge in [-0.3, -0.25) is 4.79 Å². The van der Waals surface area contributed by atoms with E-state index in [0.29, 0.717) is 12.4 Å². The number of hydrogen-bond donors (Lipinski definition) is 1. The van der Waals surface area contributed by atoms with E-state index in [1.54, 1.807) is 0 Å². The molecule has 1 N–H and O–H groups in total. The Morgan fingerprint density at radius 1 is 1.08 bits per heavy atom. The molecular weight excluding hydrogens is 382 g/mol. The Morgan fingerprint density at radius 3 is 2.36 bits per heavy atom. The van der Waals surface area contributed by atoms with Gasteiger partial charge in [0.15, 0.2) is 6.61 Å². The van der Waals surface area contributed by atoms with Crippen LogP contribution in [0.15, 0.2) is 40.9 Å². The summed E-state index contributed by atoms with van der Waals surface area (Å²) in [5.74, 6) is 1.36. The number of hydrogen-bond acceptors (Lipinski definition) is 3. The van der Waals surface area contributed by atoms with Gasteiger partial charge in [-0.1, -0.05) is 34.1 Å². The van der Waals surface area contributed by atoms with Gasteiger partial charge in [-0.05, 0) is 62.6 Å². The van der Waals surface area contributed by atoms with Crippen LogP contribution < -0.4 is 14.8 Å². The summed E-state index contributed by atoms with van der Waals surface area (Å²) in [7, 11) is 0. The normalized spacial score (nSPS) is 11.7. The van der Waals surface area contributed by atoms with Crippen LogP contribution in [0.5, 0.6) is 11.5 Å². The van der Waals surface area contributed by atoms with Crippen LogP contribution in [0.4, 0.5) is 0 Å². The molecule has 0 saturated carbocycles. The van der Waals surface area contributed by atoms with E-state index in [9.17, 15) is 4.79 Å². The number of para-hydroxylation sites is 1. The van der Waals surface area contributed by atoms with Crippen molar-refractivity contribution >= 4 is 21.8 Å². The van der Waals surface area contributed by atoms with Crippen LogP contribution in [0.1, 0.15) is 23.6 Å². The quantitative estimate of drug-likeness (QED) is 0.745. The van der Waals surface area contributed by atoms with Gasteiger partial charge in [0, 0.05) is 4.47 Å². The van der Waals surface area contributed by atoms with Crippen LogP contribution in [-0.4, -0.2) is 25.2 Å². The maximum Gasteiger partial charge on any atom is 0.258 e. The monoisotopic (exact) mass is 405 g/mol. The number of nitrogens with one attached hydrogen (secondary N) is 1. The second-order valence-corrected chi connectivity index (χ2v) is 7.00. The van der Waals surface area contributed by atoms with Crippen molar-refractivity contribution in [2.75, 3.05) is 13.2 Å². The highest BCUT2D eigenvalue weighted by Crippen LogP contribution is 2.26. The highest BCUT2D eigenvalue weighted by molar-refractivity contribution is 9.10. The largest absolute Gasteiger partial charge is 0.491 e. The first kappa shape index (κ1) is 19.3. The molecule has 2 aromatic rings. The summed E-state index contributed by atoms with van der Waals surface area (Å²) in [6, 6.07) is 11.5. The lowest BCUT2D eigenvalue weighted by atomic mass is 10.1. The number of rotatable bonds is 7. The molecule has 0 spiro atoms. The fourth-order valence-corrected chi connectivity index (χ4v) is 2.66. The van der Waals surface area contributed by atoms with Crippen LogP contribution in [0.25, 0.3) is 0 Å². The van der Waals surface area contributed by atoms with E-state index in [0.717, 1.165) is 26.9 Å². The predicted molar refractivity (Wildman–Crippen MR) is 103 cm³/mol. The van der Waals surface area contributed by atoms with Crippen LogP contribution >= 0.6 is 15.9 Å². The summed E-state index contributed by atoms with van der Waals surface area (Å²) in [5, 5.41) is 2.88. The van der Waals surface area contributed by atoms with Gasteiger partial charge in [0.2, 0.25) is 0 Å². The van der Waals surface area contributed by atoms with E-state index in [4.69, 9.17) is 9.47 Å². The van der Waals surface area contributed by atoms with E-state index < -0.39 is 0 Å². The number of carbonyl (C=O) groups is 1. The molecule has 0 saturated heterocycles. The highest BCUT2D eigenvalue weighted by Gasteiger charge is 2.10. The van der Waals surface area contributed by atoms with E-state index in [2.05, 4.69) is 21.2 Å². The molecule has 0 bridgehead atoms. The highest BCUT2D eigenvalue weighted by atomic mass is 79.9. The van der Waals surface area contributed by atoms with Gasteiger partial charge in [-0.2, -0.15) is 0 Å². The van der Waals surface area contributed by atoms with Crippen LogP contribution in [0.3, 0.4) is 0 Å². The van der Waals surface area contributed by atoms with Crippen LogP contribution in [-0.2, 0) is 4.79 Å². The summed E-state index contributed by atoms with van der Waals surface area (Å²) in [4.78, 5) is 12.0. The first-order valence-electron chi connectivity index (χ1n) is 8.24. The Labute approximate surface area is 157 Å². The number of ether oxygens (including phenoxy) is 2. The summed E-state index contributed by atoms with van der Waals surface area (Å²) >= 11 is 3.52. The summed E-state index contributed by atoms with van der Waals surface area (Å²) in [5.41, 5.74) is 3.23. The molecule has 2 aromatic carbocycles. The van der Waals surface area contributed by atoms with Gasteiger partial charge >= 0.3 is 0 Å². The Hall–Kier alpha value is -2.01. The molecule has 0 aliphatic carbocycles. The Kier molecular flexibility index (Phi) is 6.88. The fourth-order valence-electron chi connectivity index (χ4n) is 2.43. The van der Waals surface area contributed by atoms with E-state index >= 15 is 0 Å². The molecule has 134 valence electrons. The van der Waals surface area contributed by atoms with Gasteiger partial charge in [0.05, 0.1) is 6.04 Å². The van der Waals surface area contributed by atoms with Crippen molar-refractivity contribution in [3.63, 3.8) is 0 Å². The number of benzene rings is 2. The van der Waals surface area contributed by atoms with Gasteiger partial charge in [-0.15, -0.1) is 0 Å². The fraction of sp³-hybridized carbons (Fsp3) is 0.350. The maximum absolute atomic E-state index is 12.0. The molecule has 1 atom stereocenters. The molecule has 0 aliphatic heterocycles. The van der Waals surface area contributed by atoms with Crippen molar-refractivity contribution in [2.24, 2.45) is 0 Å². The zero-order valence-corrected chi connectivity index (χ0v) is 16.6. The zero-order chi connectivity index (χ0) is 18.4. The van der Waals surface area contributed by atoms with Crippen molar-refractivity contribution < 1.29 is 14.3 Å². The lowest BCUT2D eigenvalue weighted by molar-refractivity contribution is -0.123. The van der Waals surface area contributed by atoms with Crippen LogP contribution in [0, 0.1) is 20.8 Å². The summed E-state index contributed by atoms with van der Waals surface area (Å²) in [6.07, 6.45) is 0. The first-order valence-corrected chi connectivity index (χ1v) is 9.03. The van der Waals surface area contributed by atoms with Gasteiger partial charge in [0.1, 0.15) is 18.1 Å². The molecule has 0 radical (unpaired) electrons. The minimum atomic E-state index is -0.167. The van der Waals surface area contributed by atoms with Crippen molar-refractivity contribution in [1.29, 1.82) is 0 Å². The molecule has 0 heterocycles. The number of carbonyl (C=O) groups excluding carboxylic acids is 1. The first-order chi connectivity index (χ1) is 11.9. The molecule has 0 aliphatic rings. The SMILES string of the molecule is Cc1ccccc1OC[C@H](C)NC(=O)COc1cc(C)c(Br)c(C)c1. The topological polar surface area (TPSA) is 47.6 Å². The van der Waals surface area contributed by atoms with Gasteiger partial charge < -0.3 is 14.8 Å². The smallest absolute Gasteiger partial charge is 0.258 e. The third kappa shape index (κ3) is 5.78. The second kappa shape index (κ2) is 8.90.